The predicted molar refractivity (Wildman–Crippen MR) is 115 cm³/mol. The molecule has 0 bridgehead atoms. The Labute approximate surface area is 176 Å². The van der Waals surface area contributed by atoms with Gasteiger partial charge in [0.1, 0.15) is 5.82 Å². The molecule has 0 spiro atoms. The highest BCUT2D eigenvalue weighted by molar-refractivity contribution is 8.03. The van der Waals surface area contributed by atoms with Gasteiger partial charge < -0.3 is 0 Å². The fraction of sp³-hybridized carbons (Fsp3) is 0.0435. The molecule has 0 aromatic heterocycles. The van der Waals surface area contributed by atoms with E-state index in [-0.39, 0.29) is 0 Å². The van der Waals surface area contributed by atoms with E-state index in [0.717, 1.165) is 10.5 Å². The van der Waals surface area contributed by atoms with Gasteiger partial charge in [0, 0.05) is 10.8 Å². The Balaban J connectivity index is 1.74. The van der Waals surface area contributed by atoms with Gasteiger partial charge in [-0.1, -0.05) is 54.1 Å². The van der Waals surface area contributed by atoms with Crippen molar-refractivity contribution in [2.45, 2.75) is 5.75 Å². The summed E-state index contributed by atoms with van der Waals surface area (Å²) < 4.78 is 13.3. The Morgan fingerprint density at radius 1 is 0.828 bits per heavy atom. The van der Waals surface area contributed by atoms with Crippen LogP contribution < -0.4 is 4.90 Å². The molecular weight excluding hydrogens is 409 g/mol. The molecule has 4 rings (SSSR count). The van der Waals surface area contributed by atoms with Crippen LogP contribution in [0.4, 0.5) is 10.1 Å². The molecule has 0 unspecified atom stereocenters. The summed E-state index contributed by atoms with van der Waals surface area (Å²) in [4.78, 5) is 27.9. The Hall–Kier alpha value is -2.89. The van der Waals surface area contributed by atoms with Crippen LogP contribution >= 0.6 is 23.4 Å². The molecule has 0 radical (unpaired) electrons. The highest BCUT2D eigenvalue weighted by atomic mass is 35.5. The van der Waals surface area contributed by atoms with Gasteiger partial charge in [-0.25, -0.2) is 9.29 Å². The molecule has 2 amide bonds. The molecule has 3 nitrogen and oxygen atoms in total. The topological polar surface area (TPSA) is 37.4 Å². The van der Waals surface area contributed by atoms with Crippen molar-refractivity contribution < 1.29 is 14.0 Å². The zero-order valence-electron chi connectivity index (χ0n) is 15.1. The third-order valence-electron chi connectivity index (χ3n) is 4.49. The van der Waals surface area contributed by atoms with E-state index < -0.39 is 17.6 Å². The molecule has 0 atom stereocenters. The fourth-order valence-corrected chi connectivity index (χ4v) is 4.26. The highest BCUT2D eigenvalue weighted by Gasteiger charge is 2.40. The molecule has 1 aliphatic heterocycles. The number of hydrogen-bond donors (Lipinski definition) is 0. The molecule has 1 aliphatic rings. The van der Waals surface area contributed by atoms with Crippen molar-refractivity contribution in [2.24, 2.45) is 0 Å². The average molecular weight is 424 g/mol. The number of halogens is 2. The van der Waals surface area contributed by atoms with Crippen molar-refractivity contribution in [1.82, 2.24) is 0 Å². The van der Waals surface area contributed by atoms with Crippen LogP contribution in [0.25, 0.3) is 5.57 Å². The maximum Gasteiger partial charge on any atom is 0.272 e. The van der Waals surface area contributed by atoms with E-state index in [0.29, 0.717) is 32.5 Å². The van der Waals surface area contributed by atoms with E-state index in [4.69, 9.17) is 11.6 Å². The van der Waals surface area contributed by atoms with E-state index >= 15 is 0 Å². The molecule has 3 aromatic carbocycles. The lowest BCUT2D eigenvalue weighted by Crippen LogP contribution is -2.31. The minimum atomic E-state index is -0.433. The van der Waals surface area contributed by atoms with Crippen LogP contribution in [0.5, 0.6) is 0 Å². The van der Waals surface area contributed by atoms with Gasteiger partial charge in [0.05, 0.1) is 16.2 Å². The average Bonchev–Trinajstić information content (AvgIpc) is 2.98. The van der Waals surface area contributed by atoms with E-state index in [1.54, 1.807) is 24.3 Å². The molecule has 3 aromatic rings. The summed E-state index contributed by atoms with van der Waals surface area (Å²) in [7, 11) is 0. The quantitative estimate of drug-likeness (QED) is 0.494. The van der Waals surface area contributed by atoms with Crippen LogP contribution in [-0.4, -0.2) is 11.8 Å². The number of nitrogens with zero attached hydrogens (tertiary/aromatic N) is 1. The number of amides is 2. The lowest BCUT2D eigenvalue weighted by Gasteiger charge is -2.15. The summed E-state index contributed by atoms with van der Waals surface area (Å²) in [5.41, 5.74) is 2.33. The minimum Gasteiger partial charge on any atom is -0.268 e. The zero-order chi connectivity index (χ0) is 20.4. The number of hydrogen-bond acceptors (Lipinski definition) is 3. The lowest BCUT2D eigenvalue weighted by atomic mass is 10.1. The Kier molecular flexibility index (Phi) is 5.51. The van der Waals surface area contributed by atoms with Crippen molar-refractivity contribution in [3.05, 3.63) is 106 Å². The van der Waals surface area contributed by atoms with Gasteiger partial charge in [-0.3, -0.25) is 9.59 Å². The third-order valence-corrected chi connectivity index (χ3v) is 5.88. The third kappa shape index (κ3) is 3.97. The smallest absolute Gasteiger partial charge is 0.268 e. The van der Waals surface area contributed by atoms with Crippen LogP contribution in [0, 0.1) is 5.82 Å². The largest absolute Gasteiger partial charge is 0.272 e. The number of carbonyl (C=O) groups is 2. The Morgan fingerprint density at radius 2 is 1.48 bits per heavy atom. The summed E-state index contributed by atoms with van der Waals surface area (Å²) in [6, 6.07) is 21.8. The van der Waals surface area contributed by atoms with Crippen molar-refractivity contribution in [3.63, 3.8) is 0 Å². The molecule has 29 heavy (non-hydrogen) atoms. The van der Waals surface area contributed by atoms with E-state index in [1.165, 1.54) is 36.0 Å². The molecule has 144 valence electrons. The monoisotopic (exact) mass is 423 g/mol. The van der Waals surface area contributed by atoms with Crippen LogP contribution in [-0.2, 0) is 15.3 Å². The molecule has 0 saturated carbocycles. The van der Waals surface area contributed by atoms with Crippen molar-refractivity contribution >= 4 is 46.4 Å². The van der Waals surface area contributed by atoms with Crippen LogP contribution in [0.15, 0.2) is 83.8 Å². The van der Waals surface area contributed by atoms with Gasteiger partial charge in [-0.15, -0.1) is 11.8 Å². The summed E-state index contributed by atoms with van der Waals surface area (Å²) in [6.45, 7) is 0. The first-order valence-electron chi connectivity index (χ1n) is 8.86. The van der Waals surface area contributed by atoms with Gasteiger partial charge in [0.15, 0.2) is 0 Å². The number of carbonyl (C=O) groups excluding carboxylic acids is 2. The predicted octanol–water partition coefficient (Wildman–Crippen LogP) is 5.70. The normalized spacial score (nSPS) is 14.1. The minimum absolute atomic E-state index is 0.330. The van der Waals surface area contributed by atoms with Gasteiger partial charge in [-0.05, 0) is 47.5 Å². The Morgan fingerprint density at radius 3 is 2.14 bits per heavy atom. The molecule has 6 heteroatoms. The molecule has 0 fully saturated rings. The number of thioether (sulfide) groups is 1. The SMILES string of the molecule is O=C1C(SCc2ccccc2)=C(c2ccc(Cl)cc2)C(=O)N1c1ccc(F)cc1. The first-order chi connectivity index (χ1) is 14.0. The van der Waals surface area contributed by atoms with Crippen LogP contribution in [0.2, 0.25) is 5.02 Å². The molecule has 1 heterocycles. The van der Waals surface area contributed by atoms with Gasteiger partial charge >= 0.3 is 0 Å². The van der Waals surface area contributed by atoms with Crippen molar-refractivity contribution in [2.75, 3.05) is 4.90 Å². The molecule has 0 saturated heterocycles. The Bertz CT molecular complexity index is 1100. The van der Waals surface area contributed by atoms with Gasteiger partial charge in [0.2, 0.25) is 0 Å². The second-order valence-electron chi connectivity index (χ2n) is 6.41. The second kappa shape index (κ2) is 8.23. The second-order valence-corrected chi connectivity index (χ2v) is 7.83. The zero-order valence-corrected chi connectivity index (χ0v) is 16.7. The highest BCUT2D eigenvalue weighted by Crippen LogP contribution is 2.39. The summed E-state index contributed by atoms with van der Waals surface area (Å²) in [5.74, 6) is -0.729. The van der Waals surface area contributed by atoms with Crippen LogP contribution in [0.3, 0.4) is 0 Å². The molecule has 0 N–H and O–H groups in total. The number of benzene rings is 3. The van der Waals surface area contributed by atoms with E-state index in [1.807, 2.05) is 30.3 Å². The van der Waals surface area contributed by atoms with Crippen LogP contribution in [0.1, 0.15) is 11.1 Å². The number of anilines is 1. The maximum absolute atomic E-state index is 13.3. The standard InChI is InChI=1S/C23H15ClFNO2S/c24-17-8-6-16(7-9-17)20-21(29-14-15-4-2-1-3-5-15)23(28)26(22(20)27)19-12-10-18(25)11-13-19/h1-13H,14H2. The van der Waals surface area contributed by atoms with E-state index in [9.17, 15) is 14.0 Å². The first-order valence-corrected chi connectivity index (χ1v) is 10.2. The summed E-state index contributed by atoms with van der Waals surface area (Å²) >= 11 is 7.30. The summed E-state index contributed by atoms with van der Waals surface area (Å²) in [5, 5.41) is 0.542. The first kappa shape index (κ1) is 19.4. The van der Waals surface area contributed by atoms with Crippen molar-refractivity contribution in [3.8, 4) is 0 Å². The maximum atomic E-state index is 13.3. The number of imide groups is 1. The molecular formula is C23H15ClFNO2S. The lowest BCUT2D eigenvalue weighted by molar-refractivity contribution is -0.119. The number of rotatable bonds is 5. The fourth-order valence-electron chi connectivity index (χ4n) is 3.07. The van der Waals surface area contributed by atoms with Gasteiger partial charge in [-0.2, -0.15) is 0 Å². The van der Waals surface area contributed by atoms with E-state index in [2.05, 4.69) is 0 Å². The van der Waals surface area contributed by atoms with Gasteiger partial charge in [0.25, 0.3) is 11.8 Å². The van der Waals surface area contributed by atoms with Crippen molar-refractivity contribution in [1.29, 1.82) is 0 Å². The summed E-state index contributed by atoms with van der Waals surface area (Å²) in [6.07, 6.45) is 0. The molecule has 0 aliphatic carbocycles.